The molecular formula is C15H18FN3O2. The van der Waals surface area contributed by atoms with Crippen molar-refractivity contribution >= 4 is 5.91 Å². The number of rotatable bonds is 5. The number of nitrogens with one attached hydrogen (secondary N) is 2. The van der Waals surface area contributed by atoms with Gasteiger partial charge in [0.2, 0.25) is 5.91 Å². The largest absolute Gasteiger partial charge is 0.384 e. The maximum Gasteiger partial charge on any atom is 0.226 e. The van der Waals surface area contributed by atoms with Crippen LogP contribution in [0, 0.1) is 12.7 Å². The van der Waals surface area contributed by atoms with E-state index in [0.717, 1.165) is 5.69 Å². The third-order valence-electron chi connectivity index (χ3n) is 3.20. The number of amides is 1. The van der Waals surface area contributed by atoms with Gasteiger partial charge in [-0.15, -0.1) is 0 Å². The molecule has 2 rings (SSSR count). The van der Waals surface area contributed by atoms with Crippen molar-refractivity contribution in [2.45, 2.75) is 25.9 Å². The summed E-state index contributed by atoms with van der Waals surface area (Å²) in [6.45, 7) is 3.47. The van der Waals surface area contributed by atoms with Gasteiger partial charge in [0.25, 0.3) is 0 Å². The van der Waals surface area contributed by atoms with E-state index in [-0.39, 0.29) is 24.7 Å². The molecule has 0 aliphatic heterocycles. The minimum atomic E-state index is -1.26. The molecular weight excluding hydrogens is 273 g/mol. The summed E-state index contributed by atoms with van der Waals surface area (Å²) in [7, 11) is 0. The summed E-state index contributed by atoms with van der Waals surface area (Å²) in [6, 6.07) is 7.34. The minimum Gasteiger partial charge on any atom is -0.384 e. The van der Waals surface area contributed by atoms with E-state index in [1.807, 2.05) is 6.92 Å². The van der Waals surface area contributed by atoms with Crippen molar-refractivity contribution in [1.29, 1.82) is 0 Å². The van der Waals surface area contributed by atoms with E-state index < -0.39 is 5.60 Å². The zero-order chi connectivity index (χ0) is 15.5. The van der Waals surface area contributed by atoms with E-state index in [4.69, 9.17) is 0 Å². The maximum absolute atomic E-state index is 12.9. The first-order valence-electron chi connectivity index (χ1n) is 6.63. The van der Waals surface area contributed by atoms with E-state index in [1.165, 1.54) is 24.3 Å². The van der Waals surface area contributed by atoms with E-state index in [1.54, 1.807) is 13.0 Å². The molecule has 0 saturated heterocycles. The lowest BCUT2D eigenvalue weighted by molar-refractivity contribution is -0.121. The van der Waals surface area contributed by atoms with Crippen LogP contribution in [0.5, 0.6) is 0 Å². The number of aromatic nitrogens is 2. The fraction of sp³-hybridized carbons (Fsp3) is 0.333. The molecule has 1 aromatic heterocycles. The van der Waals surface area contributed by atoms with Gasteiger partial charge in [0.05, 0.1) is 18.7 Å². The Hall–Kier alpha value is -2.21. The van der Waals surface area contributed by atoms with Gasteiger partial charge in [-0.2, -0.15) is 5.10 Å². The molecule has 1 unspecified atom stereocenters. The third kappa shape index (κ3) is 4.13. The smallest absolute Gasteiger partial charge is 0.226 e. The molecule has 1 aromatic carbocycles. The summed E-state index contributed by atoms with van der Waals surface area (Å²) >= 11 is 0. The molecule has 112 valence electrons. The van der Waals surface area contributed by atoms with Crippen molar-refractivity contribution in [3.05, 3.63) is 53.1 Å². The monoisotopic (exact) mass is 291 g/mol. The van der Waals surface area contributed by atoms with Crippen LogP contribution >= 0.6 is 0 Å². The minimum absolute atomic E-state index is 0.0425. The topological polar surface area (TPSA) is 78.0 Å². The summed E-state index contributed by atoms with van der Waals surface area (Å²) in [5.74, 6) is -0.601. The number of carbonyl (C=O) groups is 1. The SMILES string of the molecule is Cc1cc(CC(=O)NCC(C)(O)c2ccc(F)cc2)n[nH]1. The lowest BCUT2D eigenvalue weighted by atomic mass is 9.96. The molecule has 0 aliphatic carbocycles. The first-order valence-corrected chi connectivity index (χ1v) is 6.63. The fourth-order valence-corrected chi connectivity index (χ4v) is 1.97. The van der Waals surface area contributed by atoms with Crippen LogP contribution in [0.1, 0.15) is 23.9 Å². The van der Waals surface area contributed by atoms with Gasteiger partial charge in [0.15, 0.2) is 0 Å². The normalized spacial score (nSPS) is 13.7. The molecule has 1 amide bonds. The second-order valence-corrected chi connectivity index (χ2v) is 5.28. The summed E-state index contributed by atoms with van der Waals surface area (Å²) in [5, 5.41) is 19.7. The lowest BCUT2D eigenvalue weighted by Crippen LogP contribution is -2.39. The Kier molecular flexibility index (Phi) is 4.37. The first kappa shape index (κ1) is 15.2. The predicted octanol–water partition coefficient (Wildman–Crippen LogP) is 1.42. The number of hydrogen-bond donors (Lipinski definition) is 3. The van der Waals surface area contributed by atoms with Crippen LogP contribution in [0.4, 0.5) is 4.39 Å². The molecule has 0 fully saturated rings. The molecule has 0 aliphatic rings. The van der Waals surface area contributed by atoms with Crippen molar-refractivity contribution in [2.75, 3.05) is 6.54 Å². The highest BCUT2D eigenvalue weighted by Crippen LogP contribution is 2.19. The predicted molar refractivity (Wildman–Crippen MR) is 76.0 cm³/mol. The highest BCUT2D eigenvalue weighted by Gasteiger charge is 2.23. The fourth-order valence-electron chi connectivity index (χ4n) is 1.97. The van der Waals surface area contributed by atoms with Crippen molar-refractivity contribution in [3.63, 3.8) is 0 Å². The van der Waals surface area contributed by atoms with Gasteiger partial charge in [-0.1, -0.05) is 12.1 Å². The van der Waals surface area contributed by atoms with E-state index >= 15 is 0 Å². The van der Waals surface area contributed by atoms with Gasteiger partial charge in [-0.25, -0.2) is 4.39 Å². The summed E-state index contributed by atoms with van der Waals surface area (Å²) in [4.78, 5) is 11.8. The summed E-state index contributed by atoms with van der Waals surface area (Å²) in [6.07, 6.45) is 0.143. The van der Waals surface area contributed by atoms with E-state index in [0.29, 0.717) is 11.3 Å². The van der Waals surface area contributed by atoms with Crippen LogP contribution in [0.15, 0.2) is 30.3 Å². The molecule has 6 heteroatoms. The lowest BCUT2D eigenvalue weighted by Gasteiger charge is -2.24. The average molecular weight is 291 g/mol. The van der Waals surface area contributed by atoms with Crippen LogP contribution in [0.25, 0.3) is 0 Å². The quantitative estimate of drug-likeness (QED) is 0.779. The second kappa shape index (κ2) is 6.05. The molecule has 3 N–H and O–H groups in total. The first-order chi connectivity index (χ1) is 9.87. The van der Waals surface area contributed by atoms with Crippen LogP contribution in [-0.2, 0) is 16.8 Å². The Morgan fingerprint density at radius 1 is 1.43 bits per heavy atom. The standard InChI is InChI=1S/C15H18FN3O2/c1-10-7-13(19-18-10)8-14(20)17-9-15(2,21)11-3-5-12(16)6-4-11/h3-7,21H,8-9H2,1-2H3,(H,17,20)(H,18,19). The van der Waals surface area contributed by atoms with Crippen LogP contribution in [0.3, 0.4) is 0 Å². The summed E-state index contributed by atoms with van der Waals surface area (Å²) < 4.78 is 12.9. The number of aryl methyl sites for hydroxylation is 1. The van der Waals surface area contributed by atoms with Crippen molar-refractivity contribution in [1.82, 2.24) is 15.5 Å². The summed E-state index contributed by atoms with van der Waals surface area (Å²) in [5.41, 5.74) is 0.813. The molecule has 0 saturated carbocycles. The molecule has 0 radical (unpaired) electrons. The zero-order valence-corrected chi connectivity index (χ0v) is 12.0. The molecule has 2 aromatic rings. The second-order valence-electron chi connectivity index (χ2n) is 5.28. The Morgan fingerprint density at radius 2 is 2.10 bits per heavy atom. The molecule has 0 spiro atoms. The van der Waals surface area contributed by atoms with Crippen LogP contribution in [-0.4, -0.2) is 27.8 Å². The molecule has 1 heterocycles. The number of hydrogen-bond acceptors (Lipinski definition) is 3. The number of carbonyl (C=O) groups excluding carboxylic acids is 1. The Balaban J connectivity index is 1.91. The van der Waals surface area contributed by atoms with Gasteiger partial charge < -0.3 is 10.4 Å². The van der Waals surface area contributed by atoms with E-state index in [9.17, 15) is 14.3 Å². The van der Waals surface area contributed by atoms with Gasteiger partial charge in [-0.3, -0.25) is 9.89 Å². The number of halogens is 1. The number of H-pyrrole nitrogens is 1. The van der Waals surface area contributed by atoms with Gasteiger partial charge in [0.1, 0.15) is 11.4 Å². The number of aromatic amines is 1. The number of aliphatic hydroxyl groups is 1. The molecule has 21 heavy (non-hydrogen) atoms. The number of benzene rings is 1. The zero-order valence-electron chi connectivity index (χ0n) is 12.0. The van der Waals surface area contributed by atoms with E-state index in [2.05, 4.69) is 15.5 Å². The molecule has 1 atom stereocenters. The molecule has 5 nitrogen and oxygen atoms in total. The average Bonchev–Trinajstić information content (AvgIpc) is 2.82. The Bertz CT molecular complexity index is 620. The van der Waals surface area contributed by atoms with Crippen LogP contribution in [0.2, 0.25) is 0 Å². The van der Waals surface area contributed by atoms with Crippen molar-refractivity contribution in [3.8, 4) is 0 Å². The van der Waals surface area contributed by atoms with Gasteiger partial charge in [-0.05, 0) is 37.6 Å². The molecule has 0 bridgehead atoms. The third-order valence-corrected chi connectivity index (χ3v) is 3.20. The highest BCUT2D eigenvalue weighted by atomic mass is 19.1. The van der Waals surface area contributed by atoms with Gasteiger partial charge in [0, 0.05) is 5.69 Å². The van der Waals surface area contributed by atoms with Crippen molar-refractivity contribution < 1.29 is 14.3 Å². The highest BCUT2D eigenvalue weighted by molar-refractivity contribution is 5.78. The Morgan fingerprint density at radius 3 is 2.67 bits per heavy atom. The van der Waals surface area contributed by atoms with Crippen molar-refractivity contribution in [2.24, 2.45) is 0 Å². The van der Waals surface area contributed by atoms with Crippen LogP contribution < -0.4 is 5.32 Å². The van der Waals surface area contributed by atoms with Gasteiger partial charge >= 0.3 is 0 Å². The number of nitrogens with zero attached hydrogens (tertiary/aromatic N) is 1. The maximum atomic E-state index is 12.9. The Labute approximate surface area is 122 Å².